The van der Waals surface area contributed by atoms with Crippen LogP contribution in [0.5, 0.6) is 0 Å². The zero-order chi connectivity index (χ0) is 18.4. The second-order valence-corrected chi connectivity index (χ2v) is 7.41. The number of carbonyl (C=O) groups excluding carboxylic acids is 1. The summed E-state index contributed by atoms with van der Waals surface area (Å²) in [6, 6.07) is 6.00. The van der Waals surface area contributed by atoms with E-state index < -0.39 is 0 Å². The molecule has 1 aliphatic heterocycles. The standard InChI is InChI=1S/C20H29N5O/c1-16(2)14-21-19-8-7-17(15-22-19)20(26)25-12-4-3-6-18(25)9-13-24-11-5-10-23-24/h5,7-8,10-11,15-16,18H,3-4,6,9,12-14H2,1-2H3,(H,21,22). The smallest absolute Gasteiger partial charge is 0.255 e. The third-order valence-corrected chi connectivity index (χ3v) is 4.84. The van der Waals surface area contributed by atoms with Crippen LogP contribution in [0.2, 0.25) is 0 Å². The molecule has 0 aromatic carbocycles. The Balaban J connectivity index is 1.62. The van der Waals surface area contributed by atoms with Gasteiger partial charge in [0.1, 0.15) is 5.82 Å². The molecule has 1 unspecified atom stereocenters. The third kappa shape index (κ3) is 4.84. The summed E-state index contributed by atoms with van der Waals surface area (Å²) in [4.78, 5) is 19.4. The van der Waals surface area contributed by atoms with Crippen molar-refractivity contribution in [3.8, 4) is 0 Å². The van der Waals surface area contributed by atoms with Crippen molar-refractivity contribution in [2.24, 2.45) is 5.92 Å². The van der Waals surface area contributed by atoms with Gasteiger partial charge < -0.3 is 10.2 Å². The number of nitrogens with zero attached hydrogens (tertiary/aromatic N) is 4. The lowest BCUT2D eigenvalue weighted by Crippen LogP contribution is -2.44. The Labute approximate surface area is 155 Å². The van der Waals surface area contributed by atoms with Gasteiger partial charge in [-0.05, 0) is 49.8 Å². The monoisotopic (exact) mass is 355 g/mol. The minimum Gasteiger partial charge on any atom is -0.370 e. The molecule has 1 amide bonds. The van der Waals surface area contributed by atoms with Crippen molar-refractivity contribution in [1.29, 1.82) is 0 Å². The van der Waals surface area contributed by atoms with Gasteiger partial charge in [-0.2, -0.15) is 5.10 Å². The minimum absolute atomic E-state index is 0.0954. The Morgan fingerprint density at radius 2 is 2.23 bits per heavy atom. The highest BCUT2D eigenvalue weighted by atomic mass is 16.2. The van der Waals surface area contributed by atoms with Gasteiger partial charge in [0.05, 0.1) is 5.56 Å². The Morgan fingerprint density at radius 3 is 2.92 bits per heavy atom. The zero-order valence-electron chi connectivity index (χ0n) is 15.8. The average molecular weight is 355 g/mol. The highest BCUT2D eigenvalue weighted by Crippen LogP contribution is 2.22. The predicted molar refractivity (Wildman–Crippen MR) is 103 cm³/mol. The molecule has 0 aliphatic carbocycles. The molecule has 1 atom stereocenters. The number of pyridine rings is 1. The molecule has 26 heavy (non-hydrogen) atoms. The van der Waals surface area contributed by atoms with Crippen molar-refractivity contribution in [3.63, 3.8) is 0 Å². The normalized spacial score (nSPS) is 17.5. The van der Waals surface area contributed by atoms with Crippen LogP contribution in [0.3, 0.4) is 0 Å². The van der Waals surface area contributed by atoms with Crippen LogP contribution in [-0.2, 0) is 6.54 Å². The van der Waals surface area contributed by atoms with E-state index in [2.05, 4.69) is 29.2 Å². The number of aryl methyl sites for hydroxylation is 1. The van der Waals surface area contributed by atoms with E-state index in [1.54, 1.807) is 12.4 Å². The van der Waals surface area contributed by atoms with Crippen LogP contribution in [0.25, 0.3) is 0 Å². The van der Waals surface area contributed by atoms with Crippen LogP contribution in [0.1, 0.15) is 49.9 Å². The molecule has 0 spiro atoms. The maximum atomic E-state index is 13.0. The number of anilines is 1. The van der Waals surface area contributed by atoms with Gasteiger partial charge in [-0.15, -0.1) is 0 Å². The maximum absolute atomic E-state index is 13.0. The third-order valence-electron chi connectivity index (χ3n) is 4.84. The maximum Gasteiger partial charge on any atom is 0.255 e. The van der Waals surface area contributed by atoms with E-state index in [9.17, 15) is 4.79 Å². The number of hydrogen-bond acceptors (Lipinski definition) is 4. The average Bonchev–Trinajstić information content (AvgIpc) is 3.18. The molecule has 6 heteroatoms. The van der Waals surface area contributed by atoms with E-state index in [1.807, 2.05) is 34.0 Å². The van der Waals surface area contributed by atoms with Crippen LogP contribution in [-0.4, -0.2) is 44.7 Å². The number of nitrogens with one attached hydrogen (secondary N) is 1. The summed E-state index contributed by atoms with van der Waals surface area (Å²) in [6.07, 6.45) is 9.73. The lowest BCUT2D eigenvalue weighted by Gasteiger charge is -2.36. The first-order valence-corrected chi connectivity index (χ1v) is 9.62. The lowest BCUT2D eigenvalue weighted by atomic mass is 9.98. The van der Waals surface area contributed by atoms with E-state index in [0.717, 1.165) is 44.7 Å². The van der Waals surface area contributed by atoms with Crippen LogP contribution in [0.15, 0.2) is 36.8 Å². The first-order valence-electron chi connectivity index (χ1n) is 9.62. The van der Waals surface area contributed by atoms with Crippen molar-refractivity contribution >= 4 is 11.7 Å². The largest absolute Gasteiger partial charge is 0.370 e. The van der Waals surface area contributed by atoms with Gasteiger partial charge in [-0.1, -0.05) is 13.8 Å². The first kappa shape index (κ1) is 18.4. The Kier molecular flexibility index (Phi) is 6.26. The molecule has 6 nitrogen and oxygen atoms in total. The van der Waals surface area contributed by atoms with E-state index in [-0.39, 0.29) is 11.9 Å². The van der Waals surface area contributed by atoms with Crippen LogP contribution < -0.4 is 5.32 Å². The topological polar surface area (TPSA) is 63.1 Å². The molecule has 1 fully saturated rings. The van der Waals surface area contributed by atoms with Gasteiger partial charge >= 0.3 is 0 Å². The summed E-state index contributed by atoms with van der Waals surface area (Å²) < 4.78 is 1.94. The zero-order valence-corrected chi connectivity index (χ0v) is 15.8. The molecule has 1 aliphatic rings. The van der Waals surface area contributed by atoms with Gasteiger partial charge in [0, 0.05) is 44.3 Å². The summed E-state index contributed by atoms with van der Waals surface area (Å²) in [5, 5.41) is 7.55. The number of hydrogen-bond donors (Lipinski definition) is 1. The highest BCUT2D eigenvalue weighted by Gasteiger charge is 2.27. The molecular weight excluding hydrogens is 326 g/mol. The molecule has 0 bridgehead atoms. The Bertz CT molecular complexity index is 681. The van der Waals surface area contributed by atoms with Gasteiger partial charge in [0.25, 0.3) is 5.91 Å². The SMILES string of the molecule is CC(C)CNc1ccc(C(=O)N2CCCCC2CCn2cccn2)cn1. The van der Waals surface area contributed by atoms with Gasteiger partial charge in [-0.25, -0.2) is 4.98 Å². The second-order valence-electron chi connectivity index (χ2n) is 7.41. The summed E-state index contributed by atoms with van der Waals surface area (Å²) in [5.74, 6) is 1.48. The number of amides is 1. The fourth-order valence-electron chi connectivity index (χ4n) is 3.38. The summed E-state index contributed by atoms with van der Waals surface area (Å²) in [5.41, 5.74) is 0.672. The lowest BCUT2D eigenvalue weighted by molar-refractivity contribution is 0.0593. The second kappa shape index (κ2) is 8.83. The number of aromatic nitrogens is 3. The van der Waals surface area contributed by atoms with Gasteiger partial charge in [-0.3, -0.25) is 9.48 Å². The highest BCUT2D eigenvalue weighted by molar-refractivity contribution is 5.94. The number of carbonyl (C=O) groups is 1. The van der Waals surface area contributed by atoms with Crippen molar-refractivity contribution in [2.75, 3.05) is 18.4 Å². The van der Waals surface area contributed by atoms with E-state index in [4.69, 9.17) is 0 Å². The van der Waals surface area contributed by atoms with Gasteiger partial charge in [0.2, 0.25) is 0 Å². The fourth-order valence-corrected chi connectivity index (χ4v) is 3.38. The first-order chi connectivity index (χ1) is 12.6. The Morgan fingerprint density at radius 1 is 1.35 bits per heavy atom. The number of rotatable bonds is 7. The number of likely N-dealkylation sites (tertiary alicyclic amines) is 1. The van der Waals surface area contributed by atoms with Crippen molar-refractivity contribution in [3.05, 3.63) is 42.4 Å². The minimum atomic E-state index is 0.0954. The molecule has 1 saturated heterocycles. The molecule has 2 aromatic heterocycles. The van der Waals surface area contributed by atoms with E-state index >= 15 is 0 Å². The van der Waals surface area contributed by atoms with E-state index in [1.165, 1.54) is 6.42 Å². The summed E-state index contributed by atoms with van der Waals surface area (Å²) in [6.45, 7) is 6.87. The van der Waals surface area contributed by atoms with Crippen molar-refractivity contribution < 1.29 is 4.79 Å². The van der Waals surface area contributed by atoms with Crippen molar-refractivity contribution in [1.82, 2.24) is 19.7 Å². The van der Waals surface area contributed by atoms with E-state index in [0.29, 0.717) is 11.5 Å². The van der Waals surface area contributed by atoms with Crippen LogP contribution in [0.4, 0.5) is 5.82 Å². The molecule has 3 heterocycles. The van der Waals surface area contributed by atoms with Gasteiger partial charge in [0.15, 0.2) is 0 Å². The summed E-state index contributed by atoms with van der Waals surface area (Å²) in [7, 11) is 0. The van der Waals surface area contributed by atoms with Crippen molar-refractivity contribution in [2.45, 2.75) is 52.1 Å². The molecule has 2 aromatic rings. The molecule has 140 valence electrons. The molecule has 0 saturated carbocycles. The Hall–Kier alpha value is -2.37. The number of piperidine rings is 1. The molecular formula is C20H29N5O. The van der Waals surface area contributed by atoms with Crippen LogP contribution in [0, 0.1) is 5.92 Å². The quantitative estimate of drug-likeness (QED) is 0.826. The molecule has 0 radical (unpaired) electrons. The molecule has 1 N–H and O–H groups in total. The molecule has 3 rings (SSSR count). The van der Waals surface area contributed by atoms with Crippen LogP contribution >= 0.6 is 0 Å². The summed E-state index contributed by atoms with van der Waals surface area (Å²) >= 11 is 0. The fraction of sp³-hybridized carbons (Fsp3) is 0.550. The predicted octanol–water partition coefficient (Wildman–Crippen LogP) is 3.43.